The highest BCUT2D eigenvalue weighted by molar-refractivity contribution is 5.96. The normalized spacial score (nSPS) is 14.6. The zero-order chi connectivity index (χ0) is 20.9. The summed E-state index contributed by atoms with van der Waals surface area (Å²) in [6.07, 6.45) is 1.29. The van der Waals surface area contributed by atoms with Gasteiger partial charge in [-0.1, -0.05) is 30.3 Å². The van der Waals surface area contributed by atoms with Gasteiger partial charge in [-0.15, -0.1) is 0 Å². The van der Waals surface area contributed by atoms with Crippen LogP contribution >= 0.6 is 0 Å². The van der Waals surface area contributed by atoms with E-state index >= 15 is 0 Å². The number of carbonyl (C=O) groups is 2. The van der Waals surface area contributed by atoms with Crippen molar-refractivity contribution in [2.45, 2.75) is 19.4 Å². The topological polar surface area (TPSA) is 105 Å². The highest BCUT2D eigenvalue weighted by atomic mass is 16.6. The van der Waals surface area contributed by atoms with Crippen molar-refractivity contribution < 1.29 is 18.7 Å². The second-order valence-electron chi connectivity index (χ2n) is 7.41. The van der Waals surface area contributed by atoms with Crippen molar-refractivity contribution in [1.29, 1.82) is 0 Å². The molecule has 2 amide bonds. The van der Waals surface area contributed by atoms with Gasteiger partial charge in [-0.25, -0.2) is 9.59 Å². The van der Waals surface area contributed by atoms with Crippen molar-refractivity contribution in [2.75, 3.05) is 19.6 Å². The molecule has 0 atom stereocenters. The number of nitrogens with one attached hydrogen (secondary N) is 2. The fourth-order valence-corrected chi connectivity index (χ4v) is 3.56. The Hall–Kier alpha value is -3.55. The monoisotopic (exact) mass is 409 g/mol. The second kappa shape index (κ2) is 8.86. The summed E-state index contributed by atoms with van der Waals surface area (Å²) in [5.74, 6) is -0.469. The standard InChI is InChI=1S/C22H23N3O5/c26-20(17-6-7-18-19(12-17)30-21(27)24-18)23-13-15-8-10-25(11-9-15)22(28)29-14-16-4-2-1-3-5-16/h1-7,12,15H,8-11,13-14H2,(H,23,26)(H,24,27). The van der Waals surface area contributed by atoms with E-state index < -0.39 is 5.76 Å². The molecule has 30 heavy (non-hydrogen) atoms. The van der Waals surface area contributed by atoms with Crippen LogP contribution in [0.2, 0.25) is 0 Å². The Morgan fingerprint density at radius 2 is 1.90 bits per heavy atom. The predicted molar refractivity (Wildman–Crippen MR) is 110 cm³/mol. The van der Waals surface area contributed by atoms with Crippen LogP contribution in [0.15, 0.2) is 57.7 Å². The molecule has 0 unspecified atom stereocenters. The molecule has 0 radical (unpaired) electrons. The number of benzene rings is 2. The molecule has 1 aromatic heterocycles. The van der Waals surface area contributed by atoms with Crippen LogP contribution in [-0.2, 0) is 11.3 Å². The molecule has 0 aliphatic carbocycles. The zero-order valence-corrected chi connectivity index (χ0v) is 16.4. The number of aromatic nitrogens is 1. The molecule has 1 fully saturated rings. The van der Waals surface area contributed by atoms with Gasteiger partial charge in [0, 0.05) is 25.2 Å². The van der Waals surface area contributed by atoms with E-state index in [0.717, 1.165) is 18.4 Å². The first-order chi connectivity index (χ1) is 14.6. The van der Waals surface area contributed by atoms with Crippen LogP contribution in [0, 0.1) is 5.92 Å². The van der Waals surface area contributed by atoms with E-state index in [1.165, 1.54) is 0 Å². The van der Waals surface area contributed by atoms with E-state index in [2.05, 4.69) is 10.3 Å². The maximum Gasteiger partial charge on any atom is 0.417 e. The van der Waals surface area contributed by atoms with Crippen molar-refractivity contribution in [3.05, 3.63) is 70.2 Å². The first-order valence-corrected chi connectivity index (χ1v) is 9.95. The minimum atomic E-state index is -0.545. The Morgan fingerprint density at radius 3 is 2.67 bits per heavy atom. The van der Waals surface area contributed by atoms with Gasteiger partial charge in [0.25, 0.3) is 5.91 Å². The highest BCUT2D eigenvalue weighted by Crippen LogP contribution is 2.18. The summed E-state index contributed by atoms with van der Waals surface area (Å²) >= 11 is 0. The summed E-state index contributed by atoms with van der Waals surface area (Å²) in [4.78, 5) is 40.1. The number of fused-ring (bicyclic) bond motifs is 1. The molecule has 2 N–H and O–H groups in total. The summed E-state index contributed by atoms with van der Waals surface area (Å²) in [6, 6.07) is 14.4. The quantitative estimate of drug-likeness (QED) is 0.674. The molecule has 8 heteroatoms. The summed E-state index contributed by atoms with van der Waals surface area (Å²) in [7, 11) is 0. The lowest BCUT2D eigenvalue weighted by Crippen LogP contribution is -2.41. The van der Waals surface area contributed by atoms with Crippen LogP contribution < -0.4 is 11.1 Å². The molecule has 0 saturated carbocycles. The smallest absolute Gasteiger partial charge is 0.417 e. The van der Waals surface area contributed by atoms with Crippen LogP contribution in [0.25, 0.3) is 11.1 Å². The number of hydrogen-bond donors (Lipinski definition) is 2. The molecule has 1 saturated heterocycles. The number of piperidine rings is 1. The molecule has 1 aliphatic heterocycles. The molecular formula is C22H23N3O5. The van der Waals surface area contributed by atoms with Gasteiger partial charge in [0.05, 0.1) is 5.52 Å². The minimum Gasteiger partial charge on any atom is -0.445 e. The fourth-order valence-electron chi connectivity index (χ4n) is 3.56. The SMILES string of the molecule is O=C(NCC1CCN(C(=O)OCc2ccccc2)CC1)c1ccc2[nH]c(=O)oc2c1. The lowest BCUT2D eigenvalue weighted by molar-refractivity contribution is 0.0801. The van der Waals surface area contributed by atoms with Crippen molar-refractivity contribution >= 4 is 23.1 Å². The molecule has 0 bridgehead atoms. The second-order valence-corrected chi connectivity index (χ2v) is 7.41. The Kier molecular flexibility index (Phi) is 5.83. The average molecular weight is 409 g/mol. The third-order valence-corrected chi connectivity index (χ3v) is 5.31. The molecule has 156 valence electrons. The first-order valence-electron chi connectivity index (χ1n) is 9.95. The number of hydrogen-bond acceptors (Lipinski definition) is 5. The predicted octanol–water partition coefficient (Wildman–Crippen LogP) is 2.90. The van der Waals surface area contributed by atoms with E-state index in [-0.39, 0.29) is 18.6 Å². The van der Waals surface area contributed by atoms with Crippen LogP contribution in [0.4, 0.5) is 4.79 Å². The molecule has 2 aromatic carbocycles. The Bertz CT molecular complexity index is 1080. The average Bonchev–Trinajstić information content (AvgIpc) is 3.16. The Balaban J connectivity index is 1.21. The molecule has 2 heterocycles. The van der Waals surface area contributed by atoms with Crippen molar-refractivity contribution in [1.82, 2.24) is 15.2 Å². The van der Waals surface area contributed by atoms with Crippen LogP contribution in [-0.4, -0.2) is 41.5 Å². The maximum absolute atomic E-state index is 12.4. The highest BCUT2D eigenvalue weighted by Gasteiger charge is 2.24. The molecule has 8 nitrogen and oxygen atoms in total. The summed E-state index contributed by atoms with van der Waals surface area (Å²) < 4.78 is 10.4. The van der Waals surface area contributed by atoms with Crippen LogP contribution in [0.1, 0.15) is 28.8 Å². The molecule has 0 spiro atoms. The largest absolute Gasteiger partial charge is 0.445 e. The van der Waals surface area contributed by atoms with Gasteiger partial charge in [-0.05, 0) is 42.5 Å². The number of nitrogens with zero attached hydrogens (tertiary/aromatic N) is 1. The van der Waals surface area contributed by atoms with E-state index in [0.29, 0.717) is 42.2 Å². The van der Waals surface area contributed by atoms with E-state index in [9.17, 15) is 14.4 Å². The molecular weight excluding hydrogens is 386 g/mol. The van der Waals surface area contributed by atoms with Gasteiger partial charge in [-0.3, -0.25) is 9.78 Å². The maximum atomic E-state index is 12.4. The number of rotatable bonds is 5. The fraction of sp³-hybridized carbons (Fsp3) is 0.318. The molecule has 3 aromatic rings. The van der Waals surface area contributed by atoms with Gasteiger partial charge < -0.3 is 19.4 Å². The minimum absolute atomic E-state index is 0.217. The van der Waals surface area contributed by atoms with Crippen LogP contribution in [0.3, 0.4) is 0 Å². The Labute approximate surface area is 172 Å². The van der Waals surface area contributed by atoms with E-state index in [1.54, 1.807) is 23.1 Å². The Morgan fingerprint density at radius 1 is 1.13 bits per heavy atom. The van der Waals surface area contributed by atoms with Gasteiger partial charge in [0.1, 0.15) is 6.61 Å². The van der Waals surface area contributed by atoms with Crippen molar-refractivity contribution in [3.63, 3.8) is 0 Å². The lowest BCUT2D eigenvalue weighted by atomic mass is 9.97. The van der Waals surface area contributed by atoms with Gasteiger partial charge >= 0.3 is 11.8 Å². The molecule has 4 rings (SSSR count). The van der Waals surface area contributed by atoms with Gasteiger partial charge in [0.15, 0.2) is 5.58 Å². The molecule has 1 aliphatic rings. The summed E-state index contributed by atoms with van der Waals surface area (Å²) in [5.41, 5.74) is 2.31. The van der Waals surface area contributed by atoms with Gasteiger partial charge in [-0.2, -0.15) is 0 Å². The number of carbonyl (C=O) groups excluding carboxylic acids is 2. The number of H-pyrrole nitrogens is 1. The number of amides is 2. The van der Waals surface area contributed by atoms with Crippen molar-refractivity contribution in [2.24, 2.45) is 5.92 Å². The first kappa shape index (κ1) is 19.8. The zero-order valence-electron chi connectivity index (χ0n) is 16.4. The summed E-state index contributed by atoms with van der Waals surface area (Å²) in [6.45, 7) is 2.01. The van der Waals surface area contributed by atoms with Crippen LogP contribution in [0.5, 0.6) is 0 Å². The van der Waals surface area contributed by atoms with E-state index in [4.69, 9.17) is 9.15 Å². The third-order valence-electron chi connectivity index (χ3n) is 5.31. The third kappa shape index (κ3) is 4.71. The summed E-state index contributed by atoms with van der Waals surface area (Å²) in [5, 5.41) is 2.93. The van der Waals surface area contributed by atoms with Gasteiger partial charge in [0.2, 0.25) is 0 Å². The van der Waals surface area contributed by atoms with E-state index in [1.807, 2.05) is 30.3 Å². The number of likely N-dealkylation sites (tertiary alicyclic amines) is 1. The number of aromatic amines is 1. The number of oxazole rings is 1. The lowest BCUT2D eigenvalue weighted by Gasteiger charge is -2.31. The number of ether oxygens (including phenoxy) is 1. The van der Waals surface area contributed by atoms with Crippen molar-refractivity contribution in [3.8, 4) is 0 Å².